The highest BCUT2D eigenvalue weighted by atomic mass is 16.5. The first-order valence-electron chi connectivity index (χ1n) is 8.12. The van der Waals surface area contributed by atoms with Gasteiger partial charge in [0.1, 0.15) is 5.76 Å². The summed E-state index contributed by atoms with van der Waals surface area (Å²) in [5.74, 6) is -1.07. The van der Waals surface area contributed by atoms with Crippen LogP contribution in [-0.4, -0.2) is 67.0 Å². The number of carboxylic acids is 2. The van der Waals surface area contributed by atoms with E-state index in [1.165, 1.54) is 38.0 Å². The van der Waals surface area contributed by atoms with E-state index in [0.29, 0.717) is 0 Å². The lowest BCUT2D eigenvalue weighted by molar-refractivity contribution is -0.159. The quantitative estimate of drug-likeness (QED) is 0.749. The summed E-state index contributed by atoms with van der Waals surface area (Å²) in [6.07, 6.45) is 8.30. The molecule has 4 rings (SSSR count). The van der Waals surface area contributed by atoms with E-state index < -0.39 is 11.9 Å². The van der Waals surface area contributed by atoms with Gasteiger partial charge in [0.2, 0.25) is 0 Å². The van der Waals surface area contributed by atoms with Crippen molar-refractivity contribution in [3.05, 3.63) is 23.5 Å². The van der Waals surface area contributed by atoms with Crippen molar-refractivity contribution in [1.29, 1.82) is 0 Å². The van der Waals surface area contributed by atoms with Crippen LogP contribution in [0.4, 0.5) is 0 Å². The Morgan fingerprint density at radius 2 is 1.79 bits per heavy atom. The molecule has 2 atom stereocenters. The molecule has 0 saturated carbocycles. The van der Waals surface area contributed by atoms with Crippen LogP contribution in [0.15, 0.2) is 23.5 Å². The van der Waals surface area contributed by atoms with Crippen molar-refractivity contribution >= 4 is 11.9 Å². The third kappa shape index (κ3) is 4.58. The maximum atomic E-state index is 9.10. The van der Waals surface area contributed by atoms with E-state index in [2.05, 4.69) is 17.1 Å². The van der Waals surface area contributed by atoms with Crippen LogP contribution in [-0.2, 0) is 19.1 Å². The summed E-state index contributed by atoms with van der Waals surface area (Å²) in [7, 11) is 3.53. The molecule has 0 amide bonds. The van der Waals surface area contributed by atoms with Crippen LogP contribution < -0.4 is 0 Å². The maximum Gasteiger partial charge on any atom is 0.414 e. The molecule has 0 aromatic rings. The molecule has 134 valence electrons. The molecule has 0 aromatic carbocycles. The van der Waals surface area contributed by atoms with Crippen molar-refractivity contribution in [2.24, 2.45) is 11.8 Å². The first kappa shape index (κ1) is 18.5. The summed E-state index contributed by atoms with van der Waals surface area (Å²) in [6.45, 7) is 3.84. The van der Waals surface area contributed by atoms with E-state index in [4.69, 9.17) is 29.3 Å². The van der Waals surface area contributed by atoms with Gasteiger partial charge in [0, 0.05) is 13.7 Å². The first-order chi connectivity index (χ1) is 11.4. The number of carbonyl (C=O) groups is 2. The van der Waals surface area contributed by atoms with Gasteiger partial charge in [-0.15, -0.1) is 0 Å². The van der Waals surface area contributed by atoms with Gasteiger partial charge in [-0.1, -0.05) is 5.57 Å². The molecule has 0 spiro atoms. The average molecular weight is 339 g/mol. The minimum absolute atomic E-state index is 0.190. The summed E-state index contributed by atoms with van der Waals surface area (Å²) in [4.78, 5) is 20.8. The van der Waals surface area contributed by atoms with Crippen LogP contribution in [0, 0.1) is 11.8 Å². The molecule has 3 aliphatic heterocycles. The van der Waals surface area contributed by atoms with Gasteiger partial charge < -0.3 is 24.6 Å². The Kier molecular flexibility index (Phi) is 6.39. The van der Waals surface area contributed by atoms with Crippen molar-refractivity contribution in [1.82, 2.24) is 4.90 Å². The third-order valence-corrected chi connectivity index (χ3v) is 4.97. The smallest absolute Gasteiger partial charge is 0.414 e. The fourth-order valence-corrected chi connectivity index (χ4v) is 3.69. The normalized spacial score (nSPS) is 31.2. The highest BCUT2D eigenvalue weighted by Gasteiger charge is 2.37. The van der Waals surface area contributed by atoms with E-state index in [1.54, 1.807) is 14.2 Å². The molecular weight excluding hydrogens is 314 g/mol. The Morgan fingerprint density at radius 3 is 2.21 bits per heavy atom. The molecule has 4 aliphatic rings. The van der Waals surface area contributed by atoms with Crippen LogP contribution in [0.2, 0.25) is 0 Å². The summed E-state index contributed by atoms with van der Waals surface area (Å²) in [6, 6.07) is 0. The van der Waals surface area contributed by atoms with E-state index in [-0.39, 0.29) is 6.10 Å². The van der Waals surface area contributed by atoms with Gasteiger partial charge in [0.15, 0.2) is 0 Å². The van der Waals surface area contributed by atoms with E-state index in [0.717, 1.165) is 24.0 Å². The number of piperidine rings is 3. The van der Waals surface area contributed by atoms with Crippen LogP contribution >= 0.6 is 0 Å². The van der Waals surface area contributed by atoms with Crippen molar-refractivity contribution < 1.29 is 29.3 Å². The Balaban J connectivity index is 0.000000301. The summed E-state index contributed by atoms with van der Waals surface area (Å²) < 4.78 is 10.9. The van der Waals surface area contributed by atoms with Gasteiger partial charge in [-0.25, -0.2) is 9.59 Å². The van der Waals surface area contributed by atoms with Crippen molar-refractivity contribution in [2.75, 3.05) is 33.9 Å². The Bertz CT molecular complexity index is 521. The number of ether oxygens (including phenoxy) is 2. The number of aliphatic carboxylic acids is 2. The van der Waals surface area contributed by atoms with Gasteiger partial charge in [0.05, 0.1) is 13.2 Å². The highest BCUT2D eigenvalue weighted by molar-refractivity contribution is 6.27. The second kappa shape index (κ2) is 8.30. The minimum atomic E-state index is -1.82. The molecule has 0 aromatic heterocycles. The minimum Gasteiger partial charge on any atom is -0.497 e. The lowest BCUT2D eigenvalue weighted by Crippen LogP contribution is -2.48. The topological polar surface area (TPSA) is 96.3 Å². The van der Waals surface area contributed by atoms with E-state index in [9.17, 15) is 0 Å². The Morgan fingerprint density at radius 1 is 1.17 bits per heavy atom. The highest BCUT2D eigenvalue weighted by Crippen LogP contribution is 2.39. The van der Waals surface area contributed by atoms with E-state index in [1.807, 2.05) is 0 Å². The molecule has 2 N–H and O–H groups in total. The molecule has 2 unspecified atom stereocenters. The maximum absolute atomic E-state index is 9.10. The zero-order valence-corrected chi connectivity index (χ0v) is 14.1. The fourth-order valence-electron chi connectivity index (χ4n) is 3.69. The third-order valence-electron chi connectivity index (χ3n) is 4.97. The molecule has 3 heterocycles. The second-order valence-corrected chi connectivity index (χ2v) is 6.33. The number of fused-ring (bicyclic) bond motifs is 3. The van der Waals surface area contributed by atoms with Gasteiger partial charge in [-0.3, -0.25) is 0 Å². The zero-order chi connectivity index (χ0) is 17.7. The number of hydrogen-bond donors (Lipinski definition) is 2. The van der Waals surface area contributed by atoms with Crippen LogP contribution in [0.5, 0.6) is 0 Å². The summed E-state index contributed by atoms with van der Waals surface area (Å²) >= 11 is 0. The number of nitrogens with zero attached hydrogens (tertiary/aromatic N) is 1. The average Bonchev–Trinajstić information content (AvgIpc) is 2.62. The summed E-state index contributed by atoms with van der Waals surface area (Å²) in [5.41, 5.74) is 1.54. The van der Waals surface area contributed by atoms with Gasteiger partial charge in [-0.05, 0) is 56.3 Å². The number of methoxy groups -OCH3 is 2. The van der Waals surface area contributed by atoms with Crippen molar-refractivity contribution in [3.8, 4) is 0 Å². The van der Waals surface area contributed by atoms with Crippen molar-refractivity contribution in [2.45, 2.75) is 25.4 Å². The molecule has 7 heteroatoms. The zero-order valence-electron chi connectivity index (χ0n) is 14.1. The summed E-state index contributed by atoms with van der Waals surface area (Å²) in [5, 5.41) is 14.8. The lowest BCUT2D eigenvalue weighted by Gasteiger charge is -2.46. The molecule has 2 bridgehead atoms. The molecule has 3 saturated heterocycles. The number of carboxylic acid groups (broad SMARTS) is 2. The number of rotatable bonds is 3. The Hall–Kier alpha value is -1.86. The second-order valence-electron chi connectivity index (χ2n) is 6.33. The largest absolute Gasteiger partial charge is 0.497 e. The fraction of sp³-hybridized carbons (Fsp3) is 0.647. The van der Waals surface area contributed by atoms with Gasteiger partial charge >= 0.3 is 11.9 Å². The lowest BCUT2D eigenvalue weighted by atomic mass is 9.73. The van der Waals surface area contributed by atoms with Gasteiger partial charge in [-0.2, -0.15) is 0 Å². The predicted octanol–water partition coefficient (Wildman–Crippen LogP) is 1.36. The molecule has 24 heavy (non-hydrogen) atoms. The molecule has 0 radical (unpaired) electrons. The van der Waals surface area contributed by atoms with Crippen LogP contribution in [0.3, 0.4) is 0 Å². The molecule has 3 fully saturated rings. The van der Waals surface area contributed by atoms with Crippen LogP contribution in [0.1, 0.15) is 19.3 Å². The SMILES string of the molecule is COC1=CC(OC)CC(C2CN3CCC2CC3)=C1.O=C(O)C(=O)O. The number of hydrogen-bond acceptors (Lipinski definition) is 5. The molecular formula is C17H25NO6. The molecule has 1 aliphatic carbocycles. The number of allylic oxidation sites excluding steroid dienone is 1. The van der Waals surface area contributed by atoms with Crippen LogP contribution in [0.25, 0.3) is 0 Å². The van der Waals surface area contributed by atoms with E-state index >= 15 is 0 Å². The first-order valence-corrected chi connectivity index (χ1v) is 8.12. The monoisotopic (exact) mass is 339 g/mol. The Labute approximate surface area is 141 Å². The van der Waals surface area contributed by atoms with Crippen molar-refractivity contribution in [3.63, 3.8) is 0 Å². The van der Waals surface area contributed by atoms with Gasteiger partial charge in [0.25, 0.3) is 0 Å². The molecule has 7 nitrogen and oxygen atoms in total. The standard InChI is InChI=1S/C15H23NO2.C2H2O4/c1-17-13-7-12(8-14(9-13)18-2)15-10-16-5-3-11(15)4-6-16;3-1(4)2(5)6/h7,9,11,14-15H,3-6,8,10H2,1-2H3;(H,3,4)(H,5,6). The predicted molar refractivity (Wildman–Crippen MR) is 86.5 cm³/mol.